The molecule has 0 aromatic heterocycles. The molecule has 0 aliphatic heterocycles. The first-order chi connectivity index (χ1) is 9.37. The van der Waals surface area contributed by atoms with Crippen molar-refractivity contribution in [2.45, 2.75) is 43.5 Å². The fourth-order valence-electron chi connectivity index (χ4n) is 2.07. The molecule has 7 heteroatoms. The summed E-state index contributed by atoms with van der Waals surface area (Å²) >= 11 is 0. The van der Waals surface area contributed by atoms with E-state index in [2.05, 4.69) is 0 Å². The summed E-state index contributed by atoms with van der Waals surface area (Å²) in [6.07, 6.45) is 3.03. The van der Waals surface area contributed by atoms with E-state index in [0.29, 0.717) is 13.0 Å². The smallest absolute Gasteiger partial charge is 0.246 e. The molecule has 0 atom stereocenters. The van der Waals surface area contributed by atoms with Crippen molar-refractivity contribution in [1.82, 2.24) is 4.31 Å². The van der Waals surface area contributed by atoms with Gasteiger partial charge in [-0.1, -0.05) is 13.3 Å². The van der Waals surface area contributed by atoms with E-state index in [9.17, 15) is 17.2 Å². The molecule has 112 valence electrons. The highest BCUT2D eigenvalue weighted by atomic mass is 32.2. The van der Waals surface area contributed by atoms with Gasteiger partial charge in [0.2, 0.25) is 10.0 Å². The highest BCUT2D eigenvalue weighted by Crippen LogP contribution is 2.34. The van der Waals surface area contributed by atoms with Crippen LogP contribution in [0.25, 0.3) is 0 Å². The number of hydrogen-bond acceptors (Lipinski definition) is 3. The summed E-state index contributed by atoms with van der Waals surface area (Å²) in [5.74, 6) is -2.60. The summed E-state index contributed by atoms with van der Waals surface area (Å²) in [4.78, 5) is -0.669. The van der Waals surface area contributed by atoms with Crippen LogP contribution in [0.1, 0.15) is 32.6 Å². The fourth-order valence-corrected chi connectivity index (χ4v) is 3.91. The Labute approximate surface area is 117 Å². The van der Waals surface area contributed by atoms with Gasteiger partial charge in [-0.15, -0.1) is 0 Å². The van der Waals surface area contributed by atoms with Gasteiger partial charge in [0, 0.05) is 18.3 Å². The van der Waals surface area contributed by atoms with Gasteiger partial charge in [0.15, 0.2) is 11.6 Å². The van der Waals surface area contributed by atoms with E-state index in [1.54, 1.807) is 0 Å². The summed E-state index contributed by atoms with van der Waals surface area (Å²) in [7, 11) is -4.05. The molecule has 0 amide bonds. The van der Waals surface area contributed by atoms with Crippen LogP contribution in [0.4, 0.5) is 14.5 Å². The third-order valence-electron chi connectivity index (χ3n) is 3.29. The van der Waals surface area contributed by atoms with E-state index >= 15 is 0 Å². The first-order valence-corrected chi connectivity index (χ1v) is 8.08. The molecule has 20 heavy (non-hydrogen) atoms. The van der Waals surface area contributed by atoms with Crippen molar-refractivity contribution in [1.29, 1.82) is 0 Å². The van der Waals surface area contributed by atoms with Gasteiger partial charge in [-0.05, 0) is 31.4 Å². The lowest BCUT2D eigenvalue weighted by atomic mass is 10.3. The maximum atomic E-state index is 13.8. The molecule has 0 spiro atoms. The van der Waals surface area contributed by atoms with Crippen molar-refractivity contribution >= 4 is 15.7 Å². The summed E-state index contributed by atoms with van der Waals surface area (Å²) in [5.41, 5.74) is 5.32. The Hall–Kier alpha value is -1.21. The zero-order valence-electron chi connectivity index (χ0n) is 11.3. The maximum absolute atomic E-state index is 13.8. The monoisotopic (exact) mass is 304 g/mol. The number of hydrogen-bond donors (Lipinski definition) is 1. The van der Waals surface area contributed by atoms with Gasteiger partial charge in [-0.25, -0.2) is 17.2 Å². The van der Waals surface area contributed by atoms with Crippen LogP contribution in [-0.2, 0) is 10.0 Å². The molecule has 1 aromatic rings. The van der Waals surface area contributed by atoms with Crippen molar-refractivity contribution in [3.63, 3.8) is 0 Å². The Kier molecular flexibility index (Phi) is 4.29. The van der Waals surface area contributed by atoms with E-state index in [4.69, 9.17) is 5.73 Å². The van der Waals surface area contributed by atoms with Gasteiger partial charge in [0.25, 0.3) is 0 Å². The molecule has 1 aromatic carbocycles. The number of nitrogens with two attached hydrogens (primary N) is 1. The lowest BCUT2D eigenvalue weighted by molar-refractivity contribution is 0.390. The van der Waals surface area contributed by atoms with Gasteiger partial charge in [0.05, 0.1) is 0 Å². The molecular formula is C13H18F2N2O2S. The second-order valence-corrected chi connectivity index (χ2v) is 6.87. The van der Waals surface area contributed by atoms with Crippen LogP contribution in [0.5, 0.6) is 0 Å². The first-order valence-electron chi connectivity index (χ1n) is 6.64. The molecule has 0 unspecified atom stereocenters. The first kappa shape index (κ1) is 15.2. The molecule has 4 nitrogen and oxygen atoms in total. The summed E-state index contributed by atoms with van der Waals surface area (Å²) in [6.45, 7) is 2.26. The molecule has 0 radical (unpaired) electrons. The Morgan fingerprint density at radius 1 is 1.35 bits per heavy atom. The molecule has 1 aliphatic rings. The average molecular weight is 304 g/mol. The lowest BCUT2D eigenvalue weighted by Crippen LogP contribution is -2.34. The van der Waals surface area contributed by atoms with Crippen molar-refractivity contribution in [2.24, 2.45) is 0 Å². The van der Waals surface area contributed by atoms with Crippen LogP contribution in [-0.4, -0.2) is 25.3 Å². The van der Waals surface area contributed by atoms with Crippen LogP contribution in [0.15, 0.2) is 17.0 Å². The molecule has 0 heterocycles. The van der Waals surface area contributed by atoms with E-state index in [-0.39, 0.29) is 11.7 Å². The van der Waals surface area contributed by atoms with Gasteiger partial charge in [-0.3, -0.25) is 0 Å². The number of nitrogens with zero attached hydrogens (tertiary/aromatic N) is 1. The second-order valence-electron chi connectivity index (χ2n) is 5.02. The van der Waals surface area contributed by atoms with Crippen LogP contribution < -0.4 is 5.73 Å². The van der Waals surface area contributed by atoms with Crippen LogP contribution >= 0.6 is 0 Å². The van der Waals surface area contributed by atoms with Crippen LogP contribution in [0.2, 0.25) is 0 Å². The summed E-state index contributed by atoms with van der Waals surface area (Å²) < 4.78 is 53.5. The number of rotatable bonds is 6. The van der Waals surface area contributed by atoms with E-state index < -0.39 is 26.6 Å². The lowest BCUT2D eigenvalue weighted by Gasteiger charge is -2.22. The Bertz CT molecular complexity index is 601. The number of sulfonamides is 1. The Balaban J connectivity index is 2.42. The zero-order valence-corrected chi connectivity index (χ0v) is 12.1. The quantitative estimate of drug-likeness (QED) is 0.821. The molecular weight excluding hydrogens is 286 g/mol. The summed E-state index contributed by atoms with van der Waals surface area (Å²) in [5, 5.41) is 0. The molecule has 1 aliphatic carbocycles. The zero-order chi connectivity index (χ0) is 14.9. The maximum Gasteiger partial charge on any atom is 0.246 e. The Morgan fingerprint density at radius 3 is 2.55 bits per heavy atom. The van der Waals surface area contributed by atoms with Crippen molar-refractivity contribution in [3.8, 4) is 0 Å². The van der Waals surface area contributed by atoms with E-state index in [1.807, 2.05) is 6.92 Å². The minimum atomic E-state index is -4.05. The molecule has 0 bridgehead atoms. The minimum Gasteiger partial charge on any atom is -0.399 e. The van der Waals surface area contributed by atoms with E-state index in [1.165, 1.54) is 4.31 Å². The molecule has 2 N–H and O–H groups in total. The third kappa shape index (κ3) is 2.93. The van der Waals surface area contributed by atoms with Crippen molar-refractivity contribution in [3.05, 3.63) is 23.8 Å². The molecule has 1 saturated carbocycles. The van der Waals surface area contributed by atoms with E-state index in [0.717, 1.165) is 31.4 Å². The standard InChI is InChI=1S/C13H18F2N2O2S/c1-2-3-6-17(10-4-5-10)20(18,19)12-8-9(16)7-11(14)13(12)15/h7-8,10H,2-6,16H2,1H3. The van der Waals surface area contributed by atoms with Gasteiger partial charge in [0.1, 0.15) is 4.90 Å². The number of benzene rings is 1. The predicted molar refractivity (Wildman–Crippen MR) is 72.6 cm³/mol. The number of halogens is 2. The summed E-state index contributed by atoms with van der Waals surface area (Å²) in [6, 6.07) is 1.66. The number of anilines is 1. The number of unbranched alkanes of at least 4 members (excludes halogenated alkanes) is 1. The molecule has 0 saturated heterocycles. The predicted octanol–water partition coefficient (Wildman–Crippen LogP) is 2.50. The normalized spacial score (nSPS) is 15.8. The van der Waals surface area contributed by atoms with Crippen molar-refractivity contribution in [2.75, 3.05) is 12.3 Å². The topological polar surface area (TPSA) is 63.4 Å². The molecule has 2 rings (SSSR count). The highest BCUT2D eigenvalue weighted by Gasteiger charge is 2.39. The largest absolute Gasteiger partial charge is 0.399 e. The number of nitrogen functional groups attached to an aromatic ring is 1. The van der Waals surface area contributed by atoms with Gasteiger partial charge < -0.3 is 5.73 Å². The average Bonchev–Trinajstić information content (AvgIpc) is 3.18. The fraction of sp³-hybridized carbons (Fsp3) is 0.538. The highest BCUT2D eigenvalue weighted by molar-refractivity contribution is 7.89. The molecule has 1 fully saturated rings. The SMILES string of the molecule is CCCCN(C1CC1)S(=O)(=O)c1cc(N)cc(F)c1F. The second kappa shape index (κ2) is 5.65. The Morgan fingerprint density at radius 2 is 2.00 bits per heavy atom. The third-order valence-corrected chi connectivity index (χ3v) is 5.24. The minimum absolute atomic E-state index is 0.101. The van der Waals surface area contributed by atoms with Crippen LogP contribution in [0.3, 0.4) is 0 Å². The van der Waals surface area contributed by atoms with Crippen molar-refractivity contribution < 1.29 is 17.2 Å². The van der Waals surface area contributed by atoms with Gasteiger partial charge in [-0.2, -0.15) is 4.31 Å². The van der Waals surface area contributed by atoms with Gasteiger partial charge >= 0.3 is 0 Å². The van der Waals surface area contributed by atoms with Crippen LogP contribution in [0, 0.1) is 11.6 Å².